The van der Waals surface area contributed by atoms with Gasteiger partial charge in [-0.05, 0) is 26.3 Å². The molecule has 13 heavy (non-hydrogen) atoms. The highest BCUT2D eigenvalue weighted by Crippen LogP contribution is 2.22. The topological polar surface area (TPSA) is 56.0 Å². The molecule has 0 amide bonds. The van der Waals surface area contributed by atoms with Gasteiger partial charge in [-0.25, -0.2) is 0 Å². The lowest BCUT2D eigenvalue weighted by atomic mass is 10.1. The average Bonchev–Trinajstić information content (AvgIpc) is 2.01. The molecule has 1 aromatic heterocycles. The molecule has 1 aromatic rings. The van der Waals surface area contributed by atoms with Gasteiger partial charge in [-0.1, -0.05) is 6.92 Å². The Morgan fingerprint density at radius 1 is 1.54 bits per heavy atom. The van der Waals surface area contributed by atoms with Crippen LogP contribution in [0, 0.1) is 24.0 Å². The molecule has 0 saturated heterocycles. The predicted octanol–water partition coefficient (Wildman–Crippen LogP) is 2.17. The summed E-state index contributed by atoms with van der Waals surface area (Å²) < 4.78 is 0. The van der Waals surface area contributed by atoms with Crippen molar-refractivity contribution >= 4 is 5.69 Å². The molecule has 0 radical (unpaired) electrons. The normalized spacial score (nSPS) is 10.1. The van der Waals surface area contributed by atoms with E-state index in [0.29, 0.717) is 12.1 Å². The second-order valence-corrected chi connectivity index (χ2v) is 2.97. The van der Waals surface area contributed by atoms with E-state index in [9.17, 15) is 10.1 Å². The third-order valence-electron chi connectivity index (χ3n) is 1.94. The molecule has 1 heterocycles. The number of hydrogen-bond donors (Lipinski definition) is 0. The van der Waals surface area contributed by atoms with Gasteiger partial charge in [-0.2, -0.15) is 0 Å². The molecule has 1 rings (SSSR count). The van der Waals surface area contributed by atoms with E-state index in [0.717, 1.165) is 11.3 Å². The van der Waals surface area contributed by atoms with E-state index in [1.54, 1.807) is 13.0 Å². The van der Waals surface area contributed by atoms with Crippen molar-refractivity contribution in [1.82, 2.24) is 4.98 Å². The van der Waals surface area contributed by atoms with Gasteiger partial charge in [-0.15, -0.1) is 0 Å². The molecule has 0 aromatic carbocycles. The van der Waals surface area contributed by atoms with Crippen LogP contribution in [0.2, 0.25) is 0 Å². The molecule has 0 unspecified atom stereocenters. The Hall–Kier alpha value is -1.45. The number of aromatic nitrogens is 1. The Morgan fingerprint density at radius 3 is 2.62 bits per heavy atom. The van der Waals surface area contributed by atoms with E-state index in [1.165, 1.54) is 0 Å². The molecule has 0 aliphatic carbocycles. The smallest absolute Gasteiger partial charge is 0.258 e. The van der Waals surface area contributed by atoms with Crippen LogP contribution >= 0.6 is 0 Å². The van der Waals surface area contributed by atoms with Crippen LogP contribution in [-0.2, 0) is 6.42 Å². The van der Waals surface area contributed by atoms with E-state index in [4.69, 9.17) is 0 Å². The van der Waals surface area contributed by atoms with Crippen LogP contribution in [0.15, 0.2) is 6.07 Å². The van der Waals surface area contributed by atoms with Crippen molar-refractivity contribution in [2.24, 2.45) is 0 Å². The fourth-order valence-electron chi connectivity index (χ4n) is 1.42. The van der Waals surface area contributed by atoms with Crippen molar-refractivity contribution in [2.45, 2.75) is 27.2 Å². The minimum Gasteiger partial charge on any atom is -0.258 e. The standard InChI is InChI=1S/C9H12N2O2/c1-4-8-5-6(2)10-7(3)9(8)11(12)13/h5H,4H2,1-3H3. The molecule has 4 nitrogen and oxygen atoms in total. The quantitative estimate of drug-likeness (QED) is 0.517. The molecule has 0 atom stereocenters. The van der Waals surface area contributed by atoms with Crippen LogP contribution in [0.1, 0.15) is 23.9 Å². The number of rotatable bonds is 2. The molecular formula is C9H12N2O2. The first kappa shape index (κ1) is 9.64. The zero-order valence-corrected chi connectivity index (χ0v) is 8.00. The number of pyridine rings is 1. The molecule has 0 aliphatic rings. The molecule has 0 fully saturated rings. The maximum absolute atomic E-state index is 10.7. The third-order valence-corrected chi connectivity index (χ3v) is 1.94. The molecule has 0 spiro atoms. The lowest BCUT2D eigenvalue weighted by Crippen LogP contribution is -2.00. The zero-order chi connectivity index (χ0) is 10.0. The molecule has 0 aliphatic heterocycles. The summed E-state index contributed by atoms with van der Waals surface area (Å²) >= 11 is 0. The van der Waals surface area contributed by atoms with E-state index in [1.807, 2.05) is 13.8 Å². The van der Waals surface area contributed by atoms with Crippen LogP contribution in [0.25, 0.3) is 0 Å². The Morgan fingerprint density at radius 2 is 2.15 bits per heavy atom. The van der Waals surface area contributed by atoms with Crippen molar-refractivity contribution in [3.8, 4) is 0 Å². The number of aryl methyl sites for hydroxylation is 3. The highest BCUT2D eigenvalue weighted by molar-refractivity contribution is 5.44. The summed E-state index contributed by atoms with van der Waals surface area (Å²) in [5, 5.41) is 10.7. The van der Waals surface area contributed by atoms with Crippen molar-refractivity contribution in [2.75, 3.05) is 0 Å². The average molecular weight is 180 g/mol. The minimum absolute atomic E-state index is 0.160. The van der Waals surface area contributed by atoms with E-state index >= 15 is 0 Å². The molecule has 70 valence electrons. The van der Waals surface area contributed by atoms with Gasteiger partial charge in [0.15, 0.2) is 0 Å². The van der Waals surface area contributed by atoms with Crippen LogP contribution in [0.3, 0.4) is 0 Å². The lowest BCUT2D eigenvalue weighted by Gasteiger charge is -2.03. The third kappa shape index (κ3) is 1.83. The zero-order valence-electron chi connectivity index (χ0n) is 8.00. The van der Waals surface area contributed by atoms with Gasteiger partial charge >= 0.3 is 0 Å². The van der Waals surface area contributed by atoms with Crippen molar-refractivity contribution in [3.05, 3.63) is 33.1 Å². The molecule has 0 bridgehead atoms. The summed E-state index contributed by atoms with van der Waals surface area (Å²) in [7, 11) is 0. The van der Waals surface area contributed by atoms with Gasteiger partial charge in [0, 0.05) is 11.3 Å². The maximum atomic E-state index is 10.7. The van der Waals surface area contributed by atoms with E-state index in [2.05, 4.69) is 4.98 Å². The molecule has 0 saturated carbocycles. The summed E-state index contributed by atoms with van der Waals surface area (Å²) in [5.41, 5.74) is 2.25. The highest BCUT2D eigenvalue weighted by Gasteiger charge is 2.17. The summed E-state index contributed by atoms with van der Waals surface area (Å²) in [4.78, 5) is 14.4. The number of nitro groups is 1. The second kappa shape index (κ2) is 3.51. The monoisotopic (exact) mass is 180 g/mol. The Balaban J connectivity index is 3.38. The van der Waals surface area contributed by atoms with Crippen LogP contribution in [-0.4, -0.2) is 9.91 Å². The number of hydrogen-bond acceptors (Lipinski definition) is 3. The lowest BCUT2D eigenvalue weighted by molar-refractivity contribution is -0.386. The van der Waals surface area contributed by atoms with Crippen LogP contribution < -0.4 is 0 Å². The van der Waals surface area contributed by atoms with Crippen molar-refractivity contribution < 1.29 is 4.92 Å². The Kier molecular flexibility index (Phi) is 2.60. The van der Waals surface area contributed by atoms with Crippen LogP contribution in [0.5, 0.6) is 0 Å². The van der Waals surface area contributed by atoms with Gasteiger partial charge in [0.1, 0.15) is 5.69 Å². The SMILES string of the molecule is CCc1cc(C)nc(C)c1[N+](=O)[O-]. The maximum Gasteiger partial charge on any atom is 0.293 e. The first-order valence-electron chi connectivity index (χ1n) is 4.17. The van der Waals surface area contributed by atoms with Gasteiger partial charge in [0.25, 0.3) is 5.69 Å². The van der Waals surface area contributed by atoms with Gasteiger partial charge < -0.3 is 0 Å². The summed E-state index contributed by atoms with van der Waals surface area (Å²) in [6.45, 7) is 5.42. The largest absolute Gasteiger partial charge is 0.293 e. The van der Waals surface area contributed by atoms with Gasteiger partial charge in [0.05, 0.1) is 4.92 Å². The van der Waals surface area contributed by atoms with E-state index in [-0.39, 0.29) is 10.6 Å². The second-order valence-electron chi connectivity index (χ2n) is 2.97. The summed E-state index contributed by atoms with van der Waals surface area (Å²) in [6.07, 6.45) is 0.667. The molecular weight excluding hydrogens is 168 g/mol. The fourth-order valence-corrected chi connectivity index (χ4v) is 1.42. The minimum atomic E-state index is -0.361. The van der Waals surface area contributed by atoms with Crippen molar-refractivity contribution in [3.63, 3.8) is 0 Å². The Labute approximate surface area is 76.8 Å². The molecule has 4 heteroatoms. The van der Waals surface area contributed by atoms with Crippen molar-refractivity contribution in [1.29, 1.82) is 0 Å². The summed E-state index contributed by atoms with van der Waals surface area (Å²) in [6, 6.07) is 1.77. The van der Waals surface area contributed by atoms with Crippen LogP contribution in [0.4, 0.5) is 5.69 Å². The Bertz CT molecular complexity index is 348. The van der Waals surface area contributed by atoms with Gasteiger partial charge in [-0.3, -0.25) is 15.1 Å². The van der Waals surface area contributed by atoms with E-state index < -0.39 is 0 Å². The number of nitrogens with zero attached hydrogens (tertiary/aromatic N) is 2. The summed E-state index contributed by atoms with van der Waals surface area (Å²) in [5.74, 6) is 0. The molecule has 0 N–H and O–H groups in total. The van der Waals surface area contributed by atoms with Gasteiger partial charge in [0.2, 0.25) is 0 Å². The highest BCUT2D eigenvalue weighted by atomic mass is 16.6. The fraction of sp³-hybridized carbons (Fsp3) is 0.444. The first-order chi connectivity index (χ1) is 6.06. The predicted molar refractivity (Wildman–Crippen MR) is 49.7 cm³/mol. The first-order valence-corrected chi connectivity index (χ1v) is 4.17.